The highest BCUT2D eigenvalue weighted by Gasteiger charge is 2.11. The van der Waals surface area contributed by atoms with Crippen molar-refractivity contribution in [2.24, 2.45) is 0 Å². The van der Waals surface area contributed by atoms with E-state index in [0.717, 1.165) is 0 Å². The van der Waals surface area contributed by atoms with Crippen LogP contribution in [0.15, 0.2) is 30.5 Å². The number of nitrogens with zero attached hydrogens (tertiary/aromatic N) is 1. The number of benzene rings is 1. The van der Waals surface area contributed by atoms with E-state index in [2.05, 4.69) is 10.3 Å². The molecule has 21 heavy (non-hydrogen) atoms. The number of pyridine rings is 1. The average molecular weight is 326 g/mol. The van der Waals surface area contributed by atoms with Crippen molar-refractivity contribution >= 4 is 34.8 Å². The van der Waals surface area contributed by atoms with E-state index in [1.54, 1.807) is 37.5 Å². The lowest BCUT2D eigenvalue weighted by Gasteiger charge is -2.10. The first-order valence-corrected chi connectivity index (χ1v) is 6.83. The first kappa shape index (κ1) is 15.4. The molecule has 0 unspecified atom stereocenters. The summed E-state index contributed by atoms with van der Waals surface area (Å²) in [5.41, 5.74) is 6.62. The first-order chi connectivity index (χ1) is 10.0. The van der Waals surface area contributed by atoms with Crippen LogP contribution in [-0.4, -0.2) is 17.9 Å². The van der Waals surface area contributed by atoms with Crippen LogP contribution in [0.4, 0.5) is 5.69 Å². The molecule has 0 aliphatic carbocycles. The van der Waals surface area contributed by atoms with Crippen LogP contribution < -0.4 is 15.8 Å². The van der Waals surface area contributed by atoms with Gasteiger partial charge in [-0.15, -0.1) is 0 Å². The zero-order valence-electron chi connectivity index (χ0n) is 11.2. The summed E-state index contributed by atoms with van der Waals surface area (Å²) in [4.78, 5) is 15.4. The summed E-state index contributed by atoms with van der Waals surface area (Å²) in [5, 5.41) is 3.01. The number of hydrogen-bond acceptors (Lipinski definition) is 4. The van der Waals surface area contributed by atoms with Crippen LogP contribution in [0.1, 0.15) is 5.69 Å². The van der Waals surface area contributed by atoms with Crippen molar-refractivity contribution in [3.8, 4) is 11.5 Å². The van der Waals surface area contributed by atoms with E-state index < -0.39 is 0 Å². The van der Waals surface area contributed by atoms with Crippen LogP contribution in [0.2, 0.25) is 10.0 Å². The van der Waals surface area contributed by atoms with Crippen LogP contribution in [-0.2, 0) is 11.2 Å². The number of amides is 1. The Morgan fingerprint density at radius 3 is 2.81 bits per heavy atom. The molecule has 0 aliphatic rings. The summed E-state index contributed by atoms with van der Waals surface area (Å²) < 4.78 is 5.66. The van der Waals surface area contributed by atoms with E-state index in [0.29, 0.717) is 22.9 Å². The van der Waals surface area contributed by atoms with Gasteiger partial charge in [0.15, 0.2) is 0 Å². The number of carbonyl (C=O) groups is 1. The molecule has 0 aliphatic heterocycles. The van der Waals surface area contributed by atoms with Gasteiger partial charge in [-0.3, -0.25) is 9.78 Å². The zero-order chi connectivity index (χ0) is 15.4. The molecule has 2 rings (SSSR count). The molecule has 0 fully saturated rings. The summed E-state index contributed by atoms with van der Waals surface area (Å²) >= 11 is 12.0. The van der Waals surface area contributed by atoms with Gasteiger partial charge in [0.2, 0.25) is 5.91 Å². The Hall–Kier alpha value is -1.98. The quantitative estimate of drug-likeness (QED) is 0.847. The highest BCUT2D eigenvalue weighted by atomic mass is 35.5. The third-order valence-electron chi connectivity index (χ3n) is 2.71. The minimum absolute atomic E-state index is 0.131. The zero-order valence-corrected chi connectivity index (χ0v) is 12.7. The Morgan fingerprint density at radius 1 is 1.33 bits per heavy atom. The van der Waals surface area contributed by atoms with E-state index >= 15 is 0 Å². The smallest absolute Gasteiger partial charge is 0.225 e. The second-order valence-electron chi connectivity index (χ2n) is 4.22. The Balaban J connectivity index is 2.22. The van der Waals surface area contributed by atoms with E-state index in [1.807, 2.05) is 0 Å². The lowest BCUT2D eigenvalue weighted by atomic mass is 10.2. The second kappa shape index (κ2) is 6.65. The third-order valence-corrected chi connectivity index (χ3v) is 3.59. The predicted molar refractivity (Wildman–Crippen MR) is 83.0 cm³/mol. The van der Waals surface area contributed by atoms with Gasteiger partial charge >= 0.3 is 0 Å². The largest absolute Gasteiger partial charge is 0.456 e. The van der Waals surface area contributed by atoms with Gasteiger partial charge in [-0.1, -0.05) is 23.2 Å². The maximum atomic E-state index is 11.3. The minimum atomic E-state index is -0.131. The molecule has 0 atom stereocenters. The molecule has 0 saturated heterocycles. The number of halogens is 2. The van der Waals surface area contributed by atoms with Crippen LogP contribution in [0.25, 0.3) is 0 Å². The molecule has 0 spiro atoms. The lowest BCUT2D eigenvalue weighted by molar-refractivity contribution is -0.120. The van der Waals surface area contributed by atoms with Crippen molar-refractivity contribution in [1.29, 1.82) is 0 Å². The SMILES string of the molecule is CNC(=O)Cc1cc(Oc2ccc(N)c(Cl)c2Cl)ccn1. The summed E-state index contributed by atoms with van der Waals surface area (Å²) in [6.45, 7) is 0. The fraction of sp³-hybridized carbons (Fsp3) is 0.143. The Bertz CT molecular complexity index is 677. The normalized spacial score (nSPS) is 10.2. The third kappa shape index (κ3) is 3.77. The summed E-state index contributed by atoms with van der Waals surface area (Å²) in [6.07, 6.45) is 1.73. The fourth-order valence-electron chi connectivity index (χ4n) is 1.62. The van der Waals surface area contributed by atoms with Crippen molar-refractivity contribution < 1.29 is 9.53 Å². The molecule has 0 saturated carbocycles. The summed E-state index contributed by atoms with van der Waals surface area (Å²) in [6, 6.07) is 6.56. The van der Waals surface area contributed by atoms with Gasteiger partial charge in [-0.05, 0) is 18.2 Å². The van der Waals surface area contributed by atoms with Crippen molar-refractivity contribution in [2.45, 2.75) is 6.42 Å². The molecule has 5 nitrogen and oxygen atoms in total. The molecular weight excluding hydrogens is 313 g/mol. The van der Waals surface area contributed by atoms with Gasteiger partial charge in [0, 0.05) is 19.3 Å². The van der Waals surface area contributed by atoms with Gasteiger partial charge in [0.05, 0.1) is 22.8 Å². The molecule has 1 aromatic heterocycles. The number of anilines is 1. The molecule has 1 amide bonds. The summed E-state index contributed by atoms with van der Waals surface area (Å²) in [5.74, 6) is 0.757. The molecule has 0 bridgehead atoms. The number of nitrogen functional groups attached to an aromatic ring is 1. The number of ether oxygens (including phenoxy) is 1. The molecule has 0 radical (unpaired) electrons. The Morgan fingerprint density at radius 2 is 2.10 bits per heavy atom. The molecule has 7 heteroatoms. The van der Waals surface area contributed by atoms with Gasteiger partial charge in [-0.25, -0.2) is 0 Å². The molecule has 1 aromatic carbocycles. The maximum absolute atomic E-state index is 11.3. The molecule has 1 heterocycles. The van der Waals surface area contributed by atoms with E-state index in [9.17, 15) is 4.79 Å². The van der Waals surface area contributed by atoms with Gasteiger partial charge < -0.3 is 15.8 Å². The lowest BCUT2D eigenvalue weighted by Crippen LogP contribution is -2.20. The van der Waals surface area contributed by atoms with E-state index in [1.165, 1.54) is 0 Å². The van der Waals surface area contributed by atoms with Crippen LogP contribution in [0.5, 0.6) is 11.5 Å². The molecule has 110 valence electrons. The minimum Gasteiger partial charge on any atom is -0.456 e. The fourth-order valence-corrected chi connectivity index (χ4v) is 1.99. The molecular formula is C14H13Cl2N3O2. The van der Waals surface area contributed by atoms with Gasteiger partial charge in [0.1, 0.15) is 16.5 Å². The number of aromatic nitrogens is 1. The van der Waals surface area contributed by atoms with Crippen molar-refractivity contribution in [3.05, 3.63) is 46.2 Å². The number of rotatable bonds is 4. The monoisotopic (exact) mass is 325 g/mol. The predicted octanol–water partition coefficient (Wildman–Crippen LogP) is 3.05. The number of likely N-dealkylation sites (N-methyl/N-ethyl adjacent to an activating group) is 1. The van der Waals surface area contributed by atoms with Crippen LogP contribution in [0.3, 0.4) is 0 Å². The van der Waals surface area contributed by atoms with Crippen LogP contribution >= 0.6 is 23.2 Å². The first-order valence-electron chi connectivity index (χ1n) is 6.08. The van der Waals surface area contributed by atoms with Gasteiger partial charge in [-0.2, -0.15) is 0 Å². The standard InChI is InChI=1S/C14H13Cl2N3O2/c1-18-12(20)7-8-6-9(4-5-19-8)21-11-3-2-10(17)13(15)14(11)16/h2-6H,7,17H2,1H3,(H,18,20). The highest BCUT2D eigenvalue weighted by molar-refractivity contribution is 6.44. The maximum Gasteiger partial charge on any atom is 0.225 e. The van der Waals surface area contributed by atoms with Crippen molar-refractivity contribution in [1.82, 2.24) is 10.3 Å². The number of hydrogen-bond donors (Lipinski definition) is 2. The Labute approximate surface area is 132 Å². The topological polar surface area (TPSA) is 77.2 Å². The number of carbonyl (C=O) groups excluding carboxylic acids is 1. The second-order valence-corrected chi connectivity index (χ2v) is 4.97. The molecule has 2 aromatic rings. The Kier molecular flexibility index (Phi) is 4.88. The van der Waals surface area contributed by atoms with Gasteiger partial charge in [0.25, 0.3) is 0 Å². The molecule has 3 N–H and O–H groups in total. The summed E-state index contributed by atoms with van der Waals surface area (Å²) in [7, 11) is 1.57. The highest BCUT2D eigenvalue weighted by Crippen LogP contribution is 2.38. The number of nitrogens with one attached hydrogen (secondary N) is 1. The van der Waals surface area contributed by atoms with Crippen LogP contribution in [0, 0.1) is 0 Å². The number of nitrogens with two attached hydrogens (primary N) is 1. The van der Waals surface area contributed by atoms with E-state index in [4.69, 9.17) is 33.7 Å². The van der Waals surface area contributed by atoms with Crippen molar-refractivity contribution in [3.63, 3.8) is 0 Å². The van der Waals surface area contributed by atoms with Crippen molar-refractivity contribution in [2.75, 3.05) is 12.8 Å². The average Bonchev–Trinajstić information content (AvgIpc) is 2.48. The van der Waals surface area contributed by atoms with E-state index in [-0.39, 0.29) is 22.4 Å².